The summed E-state index contributed by atoms with van der Waals surface area (Å²) in [5.41, 5.74) is 2.20. The zero-order valence-corrected chi connectivity index (χ0v) is 17.1. The van der Waals surface area contributed by atoms with E-state index in [1.165, 1.54) is 12.4 Å². The van der Waals surface area contributed by atoms with Gasteiger partial charge in [-0.1, -0.05) is 0 Å². The number of anilines is 3. The van der Waals surface area contributed by atoms with Crippen LogP contribution in [0.5, 0.6) is 0 Å². The van der Waals surface area contributed by atoms with Gasteiger partial charge in [-0.25, -0.2) is 15.0 Å². The zero-order chi connectivity index (χ0) is 22.6. The van der Waals surface area contributed by atoms with Crippen LogP contribution in [0.1, 0.15) is 12.1 Å². The Balaban J connectivity index is 1.33. The quantitative estimate of drug-likeness (QED) is 0.627. The SMILES string of the molecule is N#Cc1cnc(Nc2cn(-c3ccc(N4CCN(CCC(F)(F)F)CC4)cc3)cn2)cn1. The largest absolute Gasteiger partial charge is 0.390 e. The van der Waals surface area contributed by atoms with Crippen molar-refractivity contribution >= 4 is 17.3 Å². The highest BCUT2D eigenvalue weighted by molar-refractivity contribution is 5.54. The molecule has 166 valence electrons. The van der Waals surface area contributed by atoms with Crippen molar-refractivity contribution in [3.05, 3.63) is 54.9 Å². The van der Waals surface area contributed by atoms with Crippen LogP contribution in [0.4, 0.5) is 30.5 Å². The van der Waals surface area contributed by atoms with Crippen LogP contribution in [-0.4, -0.2) is 63.3 Å². The van der Waals surface area contributed by atoms with Crippen molar-refractivity contribution in [1.82, 2.24) is 24.4 Å². The summed E-state index contributed by atoms with van der Waals surface area (Å²) < 4.78 is 39.1. The van der Waals surface area contributed by atoms with Gasteiger partial charge in [0, 0.05) is 44.1 Å². The van der Waals surface area contributed by atoms with Crippen molar-refractivity contribution in [3.8, 4) is 11.8 Å². The van der Waals surface area contributed by atoms with E-state index in [9.17, 15) is 13.2 Å². The van der Waals surface area contributed by atoms with Gasteiger partial charge in [-0.15, -0.1) is 0 Å². The lowest BCUT2D eigenvalue weighted by Crippen LogP contribution is -2.47. The molecule has 32 heavy (non-hydrogen) atoms. The van der Waals surface area contributed by atoms with Crippen molar-refractivity contribution < 1.29 is 13.2 Å². The molecule has 1 saturated heterocycles. The fourth-order valence-electron chi connectivity index (χ4n) is 3.46. The fourth-order valence-corrected chi connectivity index (χ4v) is 3.46. The minimum atomic E-state index is -4.11. The monoisotopic (exact) mass is 442 g/mol. The first-order chi connectivity index (χ1) is 15.4. The van der Waals surface area contributed by atoms with Crippen LogP contribution < -0.4 is 10.2 Å². The molecule has 0 saturated carbocycles. The number of benzene rings is 1. The van der Waals surface area contributed by atoms with Crippen LogP contribution in [0.15, 0.2) is 49.2 Å². The summed E-state index contributed by atoms with van der Waals surface area (Å²) in [4.78, 5) is 16.4. The molecule has 0 bridgehead atoms. The summed E-state index contributed by atoms with van der Waals surface area (Å²) in [5, 5.41) is 11.8. The van der Waals surface area contributed by atoms with Crippen LogP contribution in [0, 0.1) is 11.3 Å². The summed E-state index contributed by atoms with van der Waals surface area (Å²) in [5.74, 6) is 1.07. The fraction of sp³-hybridized carbons (Fsp3) is 0.333. The van der Waals surface area contributed by atoms with Gasteiger partial charge in [0.05, 0.1) is 25.0 Å². The van der Waals surface area contributed by atoms with Crippen molar-refractivity contribution in [2.45, 2.75) is 12.6 Å². The highest BCUT2D eigenvalue weighted by Crippen LogP contribution is 2.23. The summed E-state index contributed by atoms with van der Waals surface area (Å²) in [6, 6.07) is 9.86. The molecule has 1 fully saturated rings. The van der Waals surface area contributed by atoms with E-state index in [1.807, 2.05) is 46.0 Å². The maximum absolute atomic E-state index is 12.4. The standard InChI is InChI=1S/C21H21F3N8/c22-21(23,24)5-6-30-7-9-31(10-8-30)17-1-3-18(4-2-17)32-14-20(28-15-32)29-19-13-26-16(11-25)12-27-19/h1-4,12-15H,5-10H2,(H,27,29). The number of alkyl halides is 3. The van der Waals surface area contributed by atoms with Crippen molar-refractivity contribution in [3.63, 3.8) is 0 Å². The molecule has 1 aromatic carbocycles. The first-order valence-corrected chi connectivity index (χ1v) is 10.1. The molecule has 0 atom stereocenters. The van der Waals surface area contributed by atoms with Crippen LogP contribution in [-0.2, 0) is 0 Å². The minimum absolute atomic E-state index is 0.0569. The molecule has 2 aromatic heterocycles. The molecule has 0 unspecified atom stereocenters. The van der Waals surface area contributed by atoms with Crippen LogP contribution >= 0.6 is 0 Å². The Labute approximate surface area is 182 Å². The highest BCUT2D eigenvalue weighted by atomic mass is 19.4. The Morgan fingerprint density at radius 3 is 2.28 bits per heavy atom. The summed E-state index contributed by atoms with van der Waals surface area (Å²) in [7, 11) is 0. The lowest BCUT2D eigenvalue weighted by atomic mass is 10.2. The van der Waals surface area contributed by atoms with Gasteiger partial charge in [-0.05, 0) is 24.3 Å². The Bertz CT molecular complexity index is 1060. The number of nitrogens with one attached hydrogen (secondary N) is 1. The molecular weight excluding hydrogens is 421 g/mol. The molecule has 1 N–H and O–H groups in total. The maximum Gasteiger partial charge on any atom is 0.390 e. The van der Waals surface area contributed by atoms with Gasteiger partial charge in [0.25, 0.3) is 0 Å². The summed E-state index contributed by atoms with van der Waals surface area (Å²) in [6.07, 6.45) is 1.47. The van der Waals surface area contributed by atoms with Gasteiger partial charge in [-0.2, -0.15) is 18.4 Å². The van der Waals surface area contributed by atoms with Crippen molar-refractivity contribution in [2.75, 3.05) is 42.9 Å². The minimum Gasteiger partial charge on any atom is -0.369 e. The van der Waals surface area contributed by atoms with E-state index >= 15 is 0 Å². The first-order valence-electron chi connectivity index (χ1n) is 10.1. The Hall–Kier alpha value is -3.65. The molecule has 3 heterocycles. The van der Waals surface area contributed by atoms with E-state index in [-0.39, 0.29) is 12.2 Å². The van der Waals surface area contributed by atoms with Crippen LogP contribution in [0.25, 0.3) is 5.69 Å². The molecule has 0 radical (unpaired) electrons. The van der Waals surface area contributed by atoms with Crippen LogP contribution in [0.2, 0.25) is 0 Å². The molecular formula is C21H21F3N8. The van der Waals surface area contributed by atoms with E-state index < -0.39 is 12.6 Å². The van der Waals surface area contributed by atoms with Crippen molar-refractivity contribution in [2.24, 2.45) is 0 Å². The second kappa shape index (κ2) is 9.23. The second-order valence-corrected chi connectivity index (χ2v) is 7.40. The van der Waals surface area contributed by atoms with Gasteiger partial charge in [0.1, 0.15) is 24.0 Å². The third-order valence-corrected chi connectivity index (χ3v) is 5.20. The molecule has 0 spiro atoms. The van der Waals surface area contributed by atoms with E-state index in [1.54, 1.807) is 6.33 Å². The summed E-state index contributed by atoms with van der Waals surface area (Å²) in [6.45, 7) is 2.69. The number of hydrogen-bond acceptors (Lipinski definition) is 7. The normalized spacial score (nSPS) is 14.9. The van der Waals surface area contributed by atoms with Gasteiger partial charge < -0.3 is 14.8 Å². The number of nitrogens with zero attached hydrogens (tertiary/aromatic N) is 7. The number of hydrogen-bond donors (Lipinski definition) is 1. The Morgan fingerprint density at radius 2 is 1.66 bits per heavy atom. The highest BCUT2D eigenvalue weighted by Gasteiger charge is 2.28. The third-order valence-electron chi connectivity index (χ3n) is 5.20. The molecule has 11 heteroatoms. The number of piperazine rings is 1. The third kappa shape index (κ3) is 5.53. The predicted molar refractivity (Wildman–Crippen MR) is 113 cm³/mol. The average Bonchev–Trinajstić information content (AvgIpc) is 3.27. The molecule has 1 aliphatic rings. The van der Waals surface area contributed by atoms with Gasteiger partial charge >= 0.3 is 6.18 Å². The molecule has 3 aromatic rings. The average molecular weight is 442 g/mol. The van der Waals surface area contributed by atoms with E-state index in [2.05, 4.69) is 25.2 Å². The molecule has 8 nitrogen and oxygen atoms in total. The van der Waals surface area contributed by atoms with E-state index in [0.29, 0.717) is 37.8 Å². The van der Waals surface area contributed by atoms with Gasteiger partial charge in [-0.3, -0.25) is 4.90 Å². The molecule has 1 aliphatic heterocycles. The number of imidazole rings is 1. The smallest absolute Gasteiger partial charge is 0.369 e. The lowest BCUT2D eigenvalue weighted by molar-refractivity contribution is -0.138. The predicted octanol–water partition coefficient (Wildman–Crippen LogP) is 3.35. The van der Waals surface area contributed by atoms with Gasteiger partial charge in [0.15, 0.2) is 5.69 Å². The van der Waals surface area contributed by atoms with E-state index in [4.69, 9.17) is 5.26 Å². The molecule has 0 aliphatic carbocycles. The first kappa shape index (κ1) is 21.6. The zero-order valence-electron chi connectivity index (χ0n) is 17.1. The van der Waals surface area contributed by atoms with Crippen molar-refractivity contribution in [1.29, 1.82) is 5.26 Å². The molecule has 4 rings (SSSR count). The summed E-state index contributed by atoms with van der Waals surface area (Å²) >= 11 is 0. The Morgan fingerprint density at radius 1 is 0.938 bits per heavy atom. The lowest BCUT2D eigenvalue weighted by Gasteiger charge is -2.36. The second-order valence-electron chi connectivity index (χ2n) is 7.40. The van der Waals surface area contributed by atoms with Gasteiger partial charge in [0.2, 0.25) is 0 Å². The Kier molecular flexibility index (Phi) is 6.23. The number of halogens is 3. The maximum atomic E-state index is 12.4. The van der Waals surface area contributed by atoms with Crippen LogP contribution in [0.3, 0.4) is 0 Å². The molecule has 0 amide bonds. The van der Waals surface area contributed by atoms with E-state index in [0.717, 1.165) is 11.4 Å². The topological polar surface area (TPSA) is 85.9 Å². The number of aromatic nitrogens is 4. The number of rotatable bonds is 6. The number of nitriles is 1.